The van der Waals surface area contributed by atoms with Crippen molar-refractivity contribution in [3.63, 3.8) is 0 Å². The van der Waals surface area contributed by atoms with Crippen molar-refractivity contribution in [1.29, 1.82) is 0 Å². The molecule has 0 aliphatic carbocycles. The molecule has 0 radical (unpaired) electrons. The molecular weight excluding hydrogens is 278 g/mol. The molecule has 1 rings (SSSR count). The van der Waals surface area contributed by atoms with Crippen molar-refractivity contribution in [2.75, 3.05) is 6.26 Å². The maximum atomic E-state index is 14.2. The van der Waals surface area contributed by atoms with Crippen LogP contribution in [0.2, 0.25) is 0 Å². The lowest BCUT2D eigenvalue weighted by Gasteiger charge is -2.25. The Morgan fingerprint density at radius 3 is 2.26 bits per heavy atom. The molecule has 0 unspecified atom stereocenters. The zero-order valence-corrected chi connectivity index (χ0v) is 11.5. The van der Waals surface area contributed by atoms with E-state index >= 15 is 0 Å². The number of hydrogen-bond donors (Lipinski definition) is 1. The molecule has 19 heavy (non-hydrogen) atoms. The third kappa shape index (κ3) is 3.28. The van der Waals surface area contributed by atoms with Crippen LogP contribution >= 0.6 is 0 Å². The highest BCUT2D eigenvalue weighted by Crippen LogP contribution is 2.34. The van der Waals surface area contributed by atoms with Gasteiger partial charge in [0.2, 0.25) is 0 Å². The van der Waals surface area contributed by atoms with Gasteiger partial charge in [0.05, 0.1) is 6.42 Å². The molecule has 0 fully saturated rings. The highest BCUT2D eigenvalue weighted by Gasteiger charge is 2.33. The van der Waals surface area contributed by atoms with E-state index < -0.39 is 49.7 Å². The van der Waals surface area contributed by atoms with Gasteiger partial charge in [-0.2, -0.15) is 0 Å². The van der Waals surface area contributed by atoms with E-state index in [4.69, 9.17) is 5.11 Å². The molecule has 7 heteroatoms. The summed E-state index contributed by atoms with van der Waals surface area (Å²) in [6, 6.07) is 1.67. The smallest absolute Gasteiger partial charge is 0.304 e. The van der Waals surface area contributed by atoms with Crippen LogP contribution in [0.15, 0.2) is 17.0 Å². The predicted octanol–water partition coefficient (Wildman–Crippen LogP) is 2.12. The first kappa shape index (κ1) is 15.6. The first-order chi connectivity index (χ1) is 8.47. The summed E-state index contributed by atoms with van der Waals surface area (Å²) < 4.78 is 50.7. The molecule has 1 aromatic rings. The normalized spacial score (nSPS) is 12.5. The molecule has 1 N–H and O–H groups in total. The lowest BCUT2D eigenvalue weighted by molar-refractivity contribution is -0.138. The van der Waals surface area contributed by atoms with Gasteiger partial charge in [-0.1, -0.05) is 13.8 Å². The van der Waals surface area contributed by atoms with Gasteiger partial charge < -0.3 is 5.11 Å². The molecule has 0 atom stereocenters. The number of carboxylic acids is 1. The first-order valence-electron chi connectivity index (χ1n) is 5.37. The van der Waals surface area contributed by atoms with Crippen molar-refractivity contribution in [2.24, 2.45) is 0 Å². The highest BCUT2D eigenvalue weighted by atomic mass is 32.2. The number of carboxylic acid groups (broad SMARTS) is 1. The van der Waals surface area contributed by atoms with Crippen molar-refractivity contribution in [2.45, 2.75) is 30.6 Å². The molecule has 0 amide bonds. The monoisotopic (exact) mass is 292 g/mol. The number of carbonyl (C=O) groups is 1. The van der Waals surface area contributed by atoms with Gasteiger partial charge in [0.15, 0.2) is 9.84 Å². The van der Waals surface area contributed by atoms with Gasteiger partial charge in [0.1, 0.15) is 16.5 Å². The summed E-state index contributed by atoms with van der Waals surface area (Å²) in [4.78, 5) is 10.1. The Balaban J connectivity index is 3.56. The van der Waals surface area contributed by atoms with Crippen molar-refractivity contribution in [3.05, 3.63) is 29.3 Å². The zero-order chi connectivity index (χ0) is 15.0. The van der Waals surface area contributed by atoms with Crippen molar-refractivity contribution < 1.29 is 27.1 Å². The van der Waals surface area contributed by atoms with Crippen LogP contribution < -0.4 is 0 Å². The van der Waals surface area contributed by atoms with Crippen LogP contribution in [0.4, 0.5) is 8.78 Å². The first-order valence-corrected chi connectivity index (χ1v) is 7.26. The van der Waals surface area contributed by atoms with Crippen molar-refractivity contribution in [1.82, 2.24) is 0 Å². The second-order valence-corrected chi connectivity index (χ2v) is 6.95. The molecule has 106 valence electrons. The topological polar surface area (TPSA) is 71.4 Å². The number of hydrogen-bond acceptors (Lipinski definition) is 3. The highest BCUT2D eigenvalue weighted by molar-refractivity contribution is 7.90. The largest absolute Gasteiger partial charge is 0.481 e. The van der Waals surface area contributed by atoms with E-state index in [9.17, 15) is 22.0 Å². The van der Waals surface area contributed by atoms with E-state index in [1.807, 2.05) is 0 Å². The third-order valence-electron chi connectivity index (χ3n) is 2.73. The van der Waals surface area contributed by atoms with E-state index in [1.54, 1.807) is 0 Å². The van der Waals surface area contributed by atoms with Gasteiger partial charge in [0, 0.05) is 17.2 Å². The van der Waals surface area contributed by atoms with E-state index in [1.165, 1.54) is 13.8 Å². The minimum Gasteiger partial charge on any atom is -0.481 e. The minimum absolute atomic E-state index is 0.520. The summed E-state index contributed by atoms with van der Waals surface area (Å²) in [5.41, 5.74) is -1.89. The molecule has 0 aromatic heterocycles. The van der Waals surface area contributed by atoms with Crippen LogP contribution in [0, 0.1) is 11.6 Å². The van der Waals surface area contributed by atoms with Gasteiger partial charge in [-0.25, -0.2) is 17.2 Å². The molecule has 0 bridgehead atoms. The second-order valence-electron chi connectivity index (χ2n) is 4.96. The molecule has 0 saturated carbocycles. The van der Waals surface area contributed by atoms with Gasteiger partial charge >= 0.3 is 5.97 Å². The van der Waals surface area contributed by atoms with Crippen molar-refractivity contribution in [3.8, 4) is 0 Å². The molecule has 4 nitrogen and oxygen atoms in total. The average Bonchev–Trinajstić information content (AvgIpc) is 2.11. The lowest BCUT2D eigenvalue weighted by Crippen LogP contribution is -2.25. The molecule has 0 spiro atoms. The van der Waals surface area contributed by atoms with Gasteiger partial charge in [-0.15, -0.1) is 0 Å². The van der Waals surface area contributed by atoms with Gasteiger partial charge in [0.25, 0.3) is 0 Å². The Kier molecular flexibility index (Phi) is 4.00. The van der Waals surface area contributed by atoms with Crippen LogP contribution in [0.1, 0.15) is 25.8 Å². The Hall–Kier alpha value is -1.50. The minimum atomic E-state index is -3.85. The fourth-order valence-corrected chi connectivity index (χ4v) is 2.65. The van der Waals surface area contributed by atoms with Crippen LogP contribution in [-0.2, 0) is 20.0 Å². The number of halogens is 2. The lowest BCUT2D eigenvalue weighted by atomic mass is 9.81. The summed E-state index contributed by atoms with van der Waals surface area (Å²) in [7, 11) is -3.85. The Morgan fingerprint density at radius 1 is 1.32 bits per heavy atom. The van der Waals surface area contributed by atoms with Crippen LogP contribution in [0.25, 0.3) is 0 Å². The summed E-state index contributed by atoms with van der Waals surface area (Å²) >= 11 is 0. The fourth-order valence-electron chi connectivity index (χ4n) is 1.91. The molecule has 0 aliphatic heterocycles. The summed E-state index contributed by atoms with van der Waals surface area (Å²) in [5, 5.41) is 8.76. The maximum Gasteiger partial charge on any atom is 0.304 e. The number of benzene rings is 1. The predicted molar refractivity (Wildman–Crippen MR) is 64.7 cm³/mol. The van der Waals surface area contributed by atoms with E-state index in [0.717, 1.165) is 18.4 Å². The van der Waals surface area contributed by atoms with E-state index in [2.05, 4.69) is 0 Å². The summed E-state index contributed by atoms with van der Waals surface area (Å²) in [6.07, 6.45) is 0.283. The molecule has 1 aromatic carbocycles. The summed E-state index contributed by atoms with van der Waals surface area (Å²) in [5.74, 6) is -3.42. The van der Waals surface area contributed by atoms with Crippen LogP contribution in [0.3, 0.4) is 0 Å². The quantitative estimate of drug-likeness (QED) is 0.863. The average molecular weight is 292 g/mol. The Bertz CT molecular complexity index is 621. The van der Waals surface area contributed by atoms with Crippen LogP contribution in [0.5, 0.6) is 0 Å². The Labute approximate surface area is 110 Å². The number of sulfone groups is 1. The zero-order valence-electron chi connectivity index (χ0n) is 10.7. The maximum absolute atomic E-state index is 14.2. The summed E-state index contributed by atoms with van der Waals surface area (Å²) in [6.45, 7) is 2.68. The van der Waals surface area contributed by atoms with E-state index in [-0.39, 0.29) is 0 Å². The van der Waals surface area contributed by atoms with Crippen LogP contribution in [-0.4, -0.2) is 25.7 Å². The number of rotatable bonds is 4. The fraction of sp³-hybridized carbons (Fsp3) is 0.417. The van der Waals surface area contributed by atoms with Gasteiger partial charge in [-0.3, -0.25) is 4.79 Å². The van der Waals surface area contributed by atoms with E-state index in [0.29, 0.717) is 0 Å². The van der Waals surface area contributed by atoms with Crippen molar-refractivity contribution >= 4 is 15.8 Å². The third-order valence-corrected chi connectivity index (χ3v) is 3.84. The Morgan fingerprint density at radius 2 is 1.84 bits per heavy atom. The SMILES string of the molecule is CC(C)(CC(=O)O)c1c(F)ccc(S(C)(=O)=O)c1F. The molecule has 0 heterocycles. The standard InChI is InChI=1S/C12H14F2O4S/c1-12(2,6-9(15)16)10-7(13)4-5-8(11(10)14)19(3,17)18/h4-5H,6H2,1-3H3,(H,15,16). The molecule has 0 saturated heterocycles. The van der Waals surface area contributed by atoms with Gasteiger partial charge in [-0.05, 0) is 12.1 Å². The second kappa shape index (κ2) is 4.88. The number of aliphatic carboxylic acids is 1. The molecular formula is C12H14F2O4S. The molecule has 0 aliphatic rings.